The van der Waals surface area contributed by atoms with E-state index in [1.807, 2.05) is 0 Å². The molecule has 0 spiro atoms. The zero-order chi connectivity index (χ0) is 6.81. The van der Waals surface area contributed by atoms with E-state index >= 15 is 0 Å². The van der Waals surface area contributed by atoms with Gasteiger partial charge in [0.25, 0.3) is 0 Å². The summed E-state index contributed by atoms with van der Waals surface area (Å²) in [6.45, 7) is 6.44. The normalized spacial score (nSPS) is 35.4. The first-order chi connectivity index (χ1) is 4.97. The standard InChI is InChI=1S/C7H14N2O/c1-2-9-3-4-10-6-7(9)5-8-1/h7-8H,1-6H2/t7-/m0/s1. The summed E-state index contributed by atoms with van der Waals surface area (Å²) in [5.41, 5.74) is 0. The molecule has 0 bridgehead atoms. The van der Waals surface area contributed by atoms with Crippen molar-refractivity contribution in [3.63, 3.8) is 0 Å². The van der Waals surface area contributed by atoms with Crippen LogP contribution in [0.4, 0.5) is 0 Å². The molecule has 3 nitrogen and oxygen atoms in total. The van der Waals surface area contributed by atoms with Gasteiger partial charge in [0.2, 0.25) is 0 Å². The van der Waals surface area contributed by atoms with E-state index in [4.69, 9.17) is 4.74 Å². The Bertz CT molecular complexity index is 92.2. The number of hydrogen-bond acceptors (Lipinski definition) is 3. The molecule has 0 radical (unpaired) electrons. The molecule has 0 unspecified atom stereocenters. The van der Waals surface area contributed by atoms with Gasteiger partial charge in [0, 0.05) is 32.2 Å². The van der Waals surface area contributed by atoms with Crippen LogP contribution in [0.5, 0.6) is 0 Å². The Balaban J connectivity index is 1.93. The van der Waals surface area contributed by atoms with Gasteiger partial charge < -0.3 is 10.1 Å². The van der Waals surface area contributed by atoms with Gasteiger partial charge >= 0.3 is 0 Å². The van der Waals surface area contributed by atoms with Crippen molar-refractivity contribution in [2.45, 2.75) is 6.04 Å². The number of fused-ring (bicyclic) bond motifs is 1. The SMILES string of the molecule is C1CN2CCOC[C@@H]2CN1. The molecule has 2 rings (SSSR count). The zero-order valence-electron chi connectivity index (χ0n) is 6.18. The minimum atomic E-state index is 0.655. The second kappa shape index (κ2) is 2.86. The zero-order valence-corrected chi connectivity index (χ0v) is 6.18. The average molecular weight is 142 g/mol. The Kier molecular flexibility index (Phi) is 1.88. The van der Waals surface area contributed by atoms with Gasteiger partial charge in [-0.1, -0.05) is 0 Å². The first kappa shape index (κ1) is 6.58. The first-order valence-electron chi connectivity index (χ1n) is 3.99. The number of nitrogens with one attached hydrogen (secondary N) is 1. The van der Waals surface area contributed by atoms with Gasteiger partial charge in [0.15, 0.2) is 0 Å². The number of nitrogens with zero attached hydrogens (tertiary/aromatic N) is 1. The van der Waals surface area contributed by atoms with Crippen molar-refractivity contribution >= 4 is 0 Å². The number of hydrogen-bond donors (Lipinski definition) is 1. The van der Waals surface area contributed by atoms with Crippen LogP contribution >= 0.6 is 0 Å². The smallest absolute Gasteiger partial charge is 0.0634 e. The van der Waals surface area contributed by atoms with E-state index in [9.17, 15) is 0 Å². The van der Waals surface area contributed by atoms with Crippen molar-refractivity contribution in [3.05, 3.63) is 0 Å². The van der Waals surface area contributed by atoms with E-state index < -0.39 is 0 Å². The molecule has 2 aliphatic heterocycles. The van der Waals surface area contributed by atoms with Crippen LogP contribution in [-0.4, -0.2) is 50.3 Å². The summed E-state index contributed by atoms with van der Waals surface area (Å²) in [7, 11) is 0. The van der Waals surface area contributed by atoms with Crippen molar-refractivity contribution in [1.29, 1.82) is 0 Å². The van der Waals surface area contributed by atoms with Crippen LogP contribution in [0.25, 0.3) is 0 Å². The van der Waals surface area contributed by atoms with E-state index in [-0.39, 0.29) is 0 Å². The number of rotatable bonds is 0. The van der Waals surface area contributed by atoms with Crippen LogP contribution in [0.1, 0.15) is 0 Å². The van der Waals surface area contributed by atoms with Crippen molar-refractivity contribution in [3.8, 4) is 0 Å². The lowest BCUT2D eigenvalue weighted by atomic mass is 10.2. The molecule has 1 N–H and O–H groups in total. The summed E-state index contributed by atoms with van der Waals surface area (Å²) in [6, 6.07) is 0.655. The van der Waals surface area contributed by atoms with Crippen molar-refractivity contribution < 1.29 is 4.74 Å². The summed E-state index contributed by atoms with van der Waals surface area (Å²) in [5, 5.41) is 3.36. The molecule has 3 heteroatoms. The fraction of sp³-hybridized carbons (Fsp3) is 1.00. The second-order valence-electron chi connectivity index (χ2n) is 2.97. The predicted octanol–water partition coefficient (Wildman–Crippen LogP) is -0.710. The third-order valence-corrected chi connectivity index (χ3v) is 2.31. The summed E-state index contributed by atoms with van der Waals surface area (Å²) in [6.07, 6.45) is 0. The van der Waals surface area contributed by atoms with Gasteiger partial charge in [-0.25, -0.2) is 0 Å². The summed E-state index contributed by atoms with van der Waals surface area (Å²) < 4.78 is 5.36. The molecule has 2 fully saturated rings. The van der Waals surface area contributed by atoms with E-state index in [1.165, 1.54) is 6.54 Å². The Labute approximate surface area is 61.3 Å². The monoisotopic (exact) mass is 142 g/mol. The lowest BCUT2D eigenvalue weighted by Gasteiger charge is -2.39. The lowest BCUT2D eigenvalue weighted by Crippen LogP contribution is -2.56. The molecule has 0 aliphatic carbocycles. The minimum absolute atomic E-state index is 0.655. The number of morpholine rings is 1. The van der Waals surface area contributed by atoms with Crippen LogP contribution < -0.4 is 5.32 Å². The van der Waals surface area contributed by atoms with Gasteiger partial charge in [0.1, 0.15) is 0 Å². The minimum Gasteiger partial charge on any atom is -0.378 e. The summed E-state index contributed by atoms with van der Waals surface area (Å²) in [5.74, 6) is 0. The van der Waals surface area contributed by atoms with Crippen LogP contribution in [0.2, 0.25) is 0 Å². The molecule has 0 saturated carbocycles. The highest BCUT2D eigenvalue weighted by atomic mass is 16.5. The molecule has 2 aliphatic rings. The molecule has 0 aromatic rings. The molecule has 2 saturated heterocycles. The van der Waals surface area contributed by atoms with Crippen LogP contribution in [0.3, 0.4) is 0 Å². The second-order valence-corrected chi connectivity index (χ2v) is 2.97. The maximum Gasteiger partial charge on any atom is 0.0634 e. The molecule has 0 amide bonds. The molecule has 0 aromatic heterocycles. The molecule has 2 heterocycles. The average Bonchev–Trinajstić information content (AvgIpc) is 2.05. The fourth-order valence-electron chi connectivity index (χ4n) is 1.66. The maximum absolute atomic E-state index is 5.36. The van der Waals surface area contributed by atoms with Gasteiger partial charge in [-0.3, -0.25) is 4.90 Å². The van der Waals surface area contributed by atoms with E-state index in [0.29, 0.717) is 6.04 Å². The third-order valence-electron chi connectivity index (χ3n) is 2.31. The van der Waals surface area contributed by atoms with Crippen LogP contribution in [0.15, 0.2) is 0 Å². The highest BCUT2D eigenvalue weighted by Gasteiger charge is 2.24. The lowest BCUT2D eigenvalue weighted by molar-refractivity contribution is -0.0168. The van der Waals surface area contributed by atoms with Gasteiger partial charge in [-0.2, -0.15) is 0 Å². The first-order valence-corrected chi connectivity index (χ1v) is 3.99. The van der Waals surface area contributed by atoms with Gasteiger partial charge in [-0.05, 0) is 0 Å². The van der Waals surface area contributed by atoms with Crippen molar-refractivity contribution in [2.24, 2.45) is 0 Å². The molecular formula is C7H14N2O. The largest absolute Gasteiger partial charge is 0.378 e. The molecular weight excluding hydrogens is 128 g/mol. The Morgan fingerprint density at radius 3 is 3.30 bits per heavy atom. The third kappa shape index (κ3) is 1.17. The molecule has 0 aromatic carbocycles. The number of ether oxygens (including phenoxy) is 1. The van der Waals surface area contributed by atoms with Gasteiger partial charge in [-0.15, -0.1) is 0 Å². The quantitative estimate of drug-likeness (QED) is 0.483. The van der Waals surface area contributed by atoms with Crippen LogP contribution in [-0.2, 0) is 4.74 Å². The molecule has 58 valence electrons. The van der Waals surface area contributed by atoms with Gasteiger partial charge in [0.05, 0.1) is 13.2 Å². The Hall–Kier alpha value is -0.120. The maximum atomic E-state index is 5.36. The Morgan fingerprint density at radius 2 is 2.40 bits per heavy atom. The molecule has 10 heavy (non-hydrogen) atoms. The van der Waals surface area contributed by atoms with Crippen molar-refractivity contribution in [2.75, 3.05) is 39.4 Å². The fourth-order valence-corrected chi connectivity index (χ4v) is 1.66. The summed E-state index contributed by atoms with van der Waals surface area (Å²) in [4.78, 5) is 2.51. The van der Waals surface area contributed by atoms with Crippen molar-refractivity contribution in [1.82, 2.24) is 10.2 Å². The molecule has 1 atom stereocenters. The van der Waals surface area contributed by atoms with E-state index in [1.54, 1.807) is 0 Å². The summed E-state index contributed by atoms with van der Waals surface area (Å²) >= 11 is 0. The highest BCUT2D eigenvalue weighted by Crippen LogP contribution is 2.07. The predicted molar refractivity (Wildman–Crippen MR) is 39.0 cm³/mol. The van der Waals surface area contributed by atoms with E-state index in [2.05, 4.69) is 10.2 Å². The topological polar surface area (TPSA) is 24.5 Å². The number of piperazine rings is 1. The Morgan fingerprint density at radius 1 is 1.40 bits per heavy atom. The van der Waals surface area contributed by atoms with E-state index in [0.717, 1.165) is 32.8 Å². The van der Waals surface area contributed by atoms with Crippen LogP contribution in [0, 0.1) is 0 Å². The highest BCUT2D eigenvalue weighted by molar-refractivity contribution is 4.81.